The summed E-state index contributed by atoms with van der Waals surface area (Å²) >= 11 is 0. The van der Waals surface area contributed by atoms with E-state index in [0.717, 1.165) is 19.2 Å². The van der Waals surface area contributed by atoms with E-state index < -0.39 is 23.3 Å². The molecule has 5 nitrogen and oxygen atoms in total. The predicted molar refractivity (Wildman–Crippen MR) is 84.8 cm³/mol. The highest BCUT2D eigenvalue weighted by atomic mass is 19.1. The minimum atomic E-state index is -0.936. The maximum absolute atomic E-state index is 13.7. The number of H-pyrrole nitrogens is 1. The standard InChI is InChI=1S/C17H12F3N3O2/c1-25-16-12(19)6-11(7-13(16)20)21-17(24)15-8-14(22-23-15)9-2-4-10(18)5-3-9/h2-8H,1H3,(H,21,24)(H,22,23). The van der Waals surface area contributed by atoms with Crippen LogP contribution < -0.4 is 10.1 Å². The molecular formula is C17H12F3N3O2. The minimum Gasteiger partial charge on any atom is -0.491 e. The second kappa shape index (κ2) is 6.68. The van der Waals surface area contributed by atoms with Crippen LogP contribution in [0.4, 0.5) is 18.9 Å². The molecule has 0 saturated heterocycles. The number of nitrogens with zero attached hydrogens (tertiary/aromatic N) is 1. The number of nitrogens with one attached hydrogen (secondary N) is 2. The summed E-state index contributed by atoms with van der Waals surface area (Å²) in [5, 5.41) is 8.85. The zero-order valence-corrected chi connectivity index (χ0v) is 12.9. The van der Waals surface area contributed by atoms with Crippen molar-refractivity contribution in [2.45, 2.75) is 0 Å². The van der Waals surface area contributed by atoms with E-state index in [1.165, 1.54) is 30.3 Å². The maximum atomic E-state index is 13.7. The Morgan fingerprint density at radius 2 is 1.72 bits per heavy atom. The molecule has 0 aliphatic heterocycles. The van der Waals surface area contributed by atoms with Crippen molar-refractivity contribution in [3.8, 4) is 17.0 Å². The zero-order chi connectivity index (χ0) is 18.0. The molecule has 0 radical (unpaired) electrons. The van der Waals surface area contributed by atoms with Crippen LogP contribution in [0.1, 0.15) is 10.5 Å². The van der Waals surface area contributed by atoms with Crippen molar-refractivity contribution in [1.82, 2.24) is 10.2 Å². The van der Waals surface area contributed by atoms with Gasteiger partial charge < -0.3 is 10.1 Å². The van der Waals surface area contributed by atoms with Crippen LogP contribution in [-0.4, -0.2) is 23.2 Å². The molecule has 128 valence electrons. The van der Waals surface area contributed by atoms with Gasteiger partial charge in [-0.2, -0.15) is 5.10 Å². The fraction of sp³-hybridized carbons (Fsp3) is 0.0588. The molecule has 3 aromatic rings. The van der Waals surface area contributed by atoms with Crippen LogP contribution in [-0.2, 0) is 0 Å². The van der Waals surface area contributed by atoms with E-state index in [-0.39, 0.29) is 17.2 Å². The minimum absolute atomic E-state index is 0.0706. The van der Waals surface area contributed by atoms with Crippen LogP contribution in [0.15, 0.2) is 42.5 Å². The number of ether oxygens (including phenoxy) is 1. The Balaban J connectivity index is 1.79. The summed E-state index contributed by atoms with van der Waals surface area (Å²) in [5.74, 6) is -3.42. The number of amides is 1. The van der Waals surface area contributed by atoms with E-state index in [2.05, 4.69) is 20.3 Å². The largest absolute Gasteiger partial charge is 0.491 e. The average molecular weight is 347 g/mol. The van der Waals surface area contributed by atoms with Crippen molar-refractivity contribution in [3.05, 3.63) is 65.6 Å². The molecule has 2 aromatic carbocycles. The Bertz CT molecular complexity index is 900. The Labute approximate surface area is 140 Å². The molecule has 0 spiro atoms. The monoisotopic (exact) mass is 347 g/mol. The molecule has 0 aliphatic carbocycles. The van der Waals surface area contributed by atoms with E-state index in [9.17, 15) is 18.0 Å². The van der Waals surface area contributed by atoms with E-state index in [1.54, 1.807) is 0 Å². The molecule has 1 amide bonds. The lowest BCUT2D eigenvalue weighted by Gasteiger charge is -2.07. The van der Waals surface area contributed by atoms with Crippen LogP contribution in [0, 0.1) is 17.5 Å². The van der Waals surface area contributed by atoms with Crippen LogP contribution in [0.2, 0.25) is 0 Å². The third kappa shape index (κ3) is 3.47. The van der Waals surface area contributed by atoms with Crippen molar-refractivity contribution in [2.75, 3.05) is 12.4 Å². The zero-order valence-electron chi connectivity index (χ0n) is 12.9. The van der Waals surface area contributed by atoms with Gasteiger partial charge in [0.15, 0.2) is 17.4 Å². The first-order valence-electron chi connectivity index (χ1n) is 7.13. The molecule has 1 aromatic heterocycles. The van der Waals surface area contributed by atoms with E-state index in [4.69, 9.17) is 0 Å². The number of hydrogen-bond donors (Lipinski definition) is 2. The van der Waals surface area contributed by atoms with Crippen LogP contribution >= 0.6 is 0 Å². The molecule has 8 heteroatoms. The fourth-order valence-electron chi connectivity index (χ4n) is 2.23. The number of benzene rings is 2. The topological polar surface area (TPSA) is 67.0 Å². The SMILES string of the molecule is COc1c(F)cc(NC(=O)c2cc(-c3ccc(F)cc3)n[nH]2)cc1F. The highest BCUT2D eigenvalue weighted by Gasteiger charge is 2.15. The fourth-order valence-corrected chi connectivity index (χ4v) is 2.23. The van der Waals surface area contributed by atoms with E-state index >= 15 is 0 Å². The molecule has 0 aliphatic rings. The molecule has 0 fully saturated rings. The van der Waals surface area contributed by atoms with Crippen molar-refractivity contribution in [3.63, 3.8) is 0 Å². The average Bonchev–Trinajstić information content (AvgIpc) is 3.05. The summed E-state index contributed by atoms with van der Waals surface area (Å²) in [6.45, 7) is 0. The quantitative estimate of drug-likeness (QED) is 0.755. The molecule has 0 unspecified atom stereocenters. The van der Waals surface area contributed by atoms with Gasteiger partial charge in [-0.3, -0.25) is 9.89 Å². The van der Waals surface area contributed by atoms with Gasteiger partial charge in [-0.25, -0.2) is 13.2 Å². The van der Waals surface area contributed by atoms with Gasteiger partial charge in [-0.1, -0.05) is 0 Å². The molecule has 0 bridgehead atoms. The summed E-state index contributed by atoms with van der Waals surface area (Å²) in [6, 6.07) is 8.90. The van der Waals surface area contributed by atoms with Gasteiger partial charge in [0.1, 0.15) is 11.5 Å². The summed E-state index contributed by atoms with van der Waals surface area (Å²) in [7, 11) is 1.14. The van der Waals surface area contributed by atoms with Crippen molar-refractivity contribution in [1.29, 1.82) is 0 Å². The van der Waals surface area contributed by atoms with E-state index in [0.29, 0.717) is 11.3 Å². The van der Waals surface area contributed by atoms with Crippen molar-refractivity contribution in [2.24, 2.45) is 0 Å². The van der Waals surface area contributed by atoms with E-state index in [1.807, 2.05) is 0 Å². The van der Waals surface area contributed by atoms with Gasteiger partial charge in [0.25, 0.3) is 5.91 Å². The first kappa shape index (κ1) is 16.6. The number of anilines is 1. The number of carbonyl (C=O) groups excluding carboxylic acids is 1. The van der Waals surface area contributed by atoms with Crippen LogP contribution in [0.25, 0.3) is 11.3 Å². The molecule has 25 heavy (non-hydrogen) atoms. The summed E-state index contributed by atoms with van der Waals surface area (Å²) in [5.41, 5.74) is 1.05. The number of halogens is 3. The summed E-state index contributed by atoms with van der Waals surface area (Å²) < 4.78 is 44.8. The Morgan fingerprint density at radius 1 is 1.08 bits per heavy atom. The van der Waals surface area contributed by atoms with Crippen molar-refractivity contribution >= 4 is 11.6 Å². The number of aromatic nitrogens is 2. The Hall–Kier alpha value is -3.29. The van der Waals surface area contributed by atoms with Gasteiger partial charge >= 0.3 is 0 Å². The van der Waals surface area contributed by atoms with Crippen molar-refractivity contribution < 1.29 is 22.7 Å². The highest BCUT2D eigenvalue weighted by molar-refractivity contribution is 6.03. The highest BCUT2D eigenvalue weighted by Crippen LogP contribution is 2.26. The predicted octanol–water partition coefficient (Wildman–Crippen LogP) is 3.75. The number of aromatic amines is 1. The Kier molecular flexibility index (Phi) is 4.42. The normalized spacial score (nSPS) is 10.6. The lowest BCUT2D eigenvalue weighted by Crippen LogP contribution is -2.13. The molecule has 0 saturated carbocycles. The smallest absolute Gasteiger partial charge is 0.273 e. The Morgan fingerprint density at radius 3 is 2.32 bits per heavy atom. The number of rotatable bonds is 4. The van der Waals surface area contributed by atoms with Gasteiger partial charge in [-0.15, -0.1) is 0 Å². The van der Waals surface area contributed by atoms with Gasteiger partial charge in [0.05, 0.1) is 12.8 Å². The number of hydrogen-bond acceptors (Lipinski definition) is 3. The summed E-state index contributed by atoms with van der Waals surface area (Å²) in [4.78, 5) is 12.2. The molecule has 2 N–H and O–H groups in total. The second-order valence-corrected chi connectivity index (χ2v) is 5.10. The third-order valence-corrected chi connectivity index (χ3v) is 3.42. The van der Waals surface area contributed by atoms with Gasteiger partial charge in [-0.05, 0) is 30.3 Å². The van der Waals surface area contributed by atoms with Gasteiger partial charge in [0, 0.05) is 23.4 Å². The molecule has 0 atom stereocenters. The number of methoxy groups -OCH3 is 1. The lowest BCUT2D eigenvalue weighted by atomic mass is 10.1. The molecule has 1 heterocycles. The van der Waals surface area contributed by atoms with Crippen LogP contribution in [0.5, 0.6) is 5.75 Å². The first-order valence-corrected chi connectivity index (χ1v) is 7.13. The lowest BCUT2D eigenvalue weighted by molar-refractivity contribution is 0.102. The summed E-state index contributed by atoms with van der Waals surface area (Å²) in [6.07, 6.45) is 0. The molecule has 3 rings (SSSR count). The second-order valence-electron chi connectivity index (χ2n) is 5.10. The van der Waals surface area contributed by atoms with Crippen LogP contribution in [0.3, 0.4) is 0 Å². The van der Waals surface area contributed by atoms with Gasteiger partial charge in [0.2, 0.25) is 0 Å². The third-order valence-electron chi connectivity index (χ3n) is 3.42. The maximum Gasteiger partial charge on any atom is 0.273 e. The number of carbonyl (C=O) groups is 1. The first-order chi connectivity index (χ1) is 12.0. The molecular weight excluding hydrogens is 335 g/mol.